The van der Waals surface area contributed by atoms with E-state index in [1.807, 2.05) is 16.9 Å². The van der Waals surface area contributed by atoms with E-state index >= 15 is 0 Å². The molecule has 3 aliphatic rings. The van der Waals surface area contributed by atoms with E-state index in [1.54, 1.807) is 6.20 Å². The molecule has 1 N–H and O–H groups in total. The highest BCUT2D eigenvalue weighted by molar-refractivity contribution is 5.75. The molecule has 2 fully saturated rings. The van der Waals surface area contributed by atoms with Gasteiger partial charge in [-0.15, -0.1) is 0 Å². The minimum atomic E-state index is 0.538. The first-order valence-electron chi connectivity index (χ1n) is 9.50. The maximum atomic E-state index is 6.03. The average Bonchev–Trinajstić information content (AvgIpc) is 3.12. The molecule has 4 heterocycles. The summed E-state index contributed by atoms with van der Waals surface area (Å²) in [4.78, 5) is 7.17. The number of nitrogens with zero attached hydrogens (tertiary/aromatic N) is 4. The summed E-state index contributed by atoms with van der Waals surface area (Å²) in [6.45, 7) is 2.80. The number of hydrogen-bond donors (Lipinski definition) is 1. The van der Waals surface area contributed by atoms with Crippen molar-refractivity contribution in [1.82, 2.24) is 20.1 Å². The molecule has 0 amide bonds. The summed E-state index contributed by atoms with van der Waals surface area (Å²) < 4.78 is 7.90. The Labute approximate surface area is 157 Å². The van der Waals surface area contributed by atoms with Crippen LogP contribution in [-0.2, 0) is 6.61 Å². The van der Waals surface area contributed by atoms with Gasteiger partial charge in [0.2, 0.25) is 5.88 Å². The molecule has 1 saturated carbocycles. The van der Waals surface area contributed by atoms with E-state index in [-0.39, 0.29) is 0 Å². The first-order valence-corrected chi connectivity index (χ1v) is 9.50. The highest BCUT2D eigenvalue weighted by Crippen LogP contribution is 2.47. The zero-order valence-corrected chi connectivity index (χ0v) is 15.2. The maximum Gasteiger partial charge on any atom is 0.223 e. The van der Waals surface area contributed by atoms with E-state index in [9.17, 15) is 0 Å². The fourth-order valence-electron chi connectivity index (χ4n) is 4.73. The van der Waals surface area contributed by atoms with Crippen molar-refractivity contribution < 1.29 is 4.74 Å². The second-order valence-corrected chi connectivity index (χ2v) is 7.69. The lowest BCUT2D eigenvalue weighted by atomic mass is 9.98. The largest absolute Gasteiger partial charge is 0.472 e. The first-order chi connectivity index (χ1) is 13.3. The van der Waals surface area contributed by atoms with Crippen molar-refractivity contribution in [3.8, 4) is 22.7 Å². The van der Waals surface area contributed by atoms with E-state index in [0.29, 0.717) is 12.6 Å². The van der Waals surface area contributed by atoms with Crippen LogP contribution in [0.1, 0.15) is 5.56 Å². The number of nitrogens with one attached hydrogen (secondary N) is 1. The number of ether oxygens (including phenoxy) is 1. The van der Waals surface area contributed by atoms with Crippen LogP contribution < -0.4 is 15.0 Å². The minimum Gasteiger partial charge on any atom is -0.472 e. The topological polar surface area (TPSA) is 55.2 Å². The van der Waals surface area contributed by atoms with E-state index in [4.69, 9.17) is 9.72 Å². The van der Waals surface area contributed by atoms with Gasteiger partial charge < -0.3 is 15.0 Å². The highest BCUT2D eigenvalue weighted by atomic mass is 16.5. The molecule has 1 aromatic carbocycles. The average molecular weight is 359 g/mol. The quantitative estimate of drug-likeness (QED) is 0.779. The fraction of sp³-hybridized carbons (Fsp3) is 0.333. The lowest BCUT2D eigenvalue weighted by Crippen LogP contribution is -2.30. The Morgan fingerprint density at radius 2 is 2.00 bits per heavy atom. The number of piperidine rings is 1. The summed E-state index contributed by atoms with van der Waals surface area (Å²) in [5.41, 5.74) is 4.48. The summed E-state index contributed by atoms with van der Waals surface area (Å²) in [7, 11) is 2.16. The van der Waals surface area contributed by atoms with Crippen LogP contribution in [0, 0.1) is 11.8 Å². The van der Waals surface area contributed by atoms with Gasteiger partial charge in [0.1, 0.15) is 12.4 Å². The lowest BCUT2D eigenvalue weighted by Gasteiger charge is -2.25. The van der Waals surface area contributed by atoms with E-state index in [0.717, 1.165) is 47.9 Å². The maximum absolute atomic E-state index is 6.03. The second kappa shape index (κ2) is 5.57. The third-order valence-corrected chi connectivity index (χ3v) is 6.21. The fourth-order valence-corrected chi connectivity index (χ4v) is 4.73. The molecule has 0 radical (unpaired) electrons. The molecule has 1 aliphatic carbocycles. The van der Waals surface area contributed by atoms with Crippen LogP contribution in [0.4, 0.5) is 5.82 Å². The second-order valence-electron chi connectivity index (χ2n) is 7.69. The van der Waals surface area contributed by atoms with Gasteiger partial charge in [0.15, 0.2) is 0 Å². The van der Waals surface area contributed by atoms with Gasteiger partial charge in [-0.1, -0.05) is 6.07 Å². The Bertz CT molecular complexity index is 1010. The number of aromatic nitrogens is 3. The summed E-state index contributed by atoms with van der Waals surface area (Å²) in [5, 5.41) is 7.77. The van der Waals surface area contributed by atoms with Crippen LogP contribution in [0.15, 0.2) is 48.8 Å². The van der Waals surface area contributed by atoms with Crippen LogP contribution in [0.3, 0.4) is 0 Å². The van der Waals surface area contributed by atoms with Gasteiger partial charge in [-0.05, 0) is 53.3 Å². The monoisotopic (exact) mass is 359 g/mol. The van der Waals surface area contributed by atoms with Crippen LogP contribution in [0.2, 0.25) is 0 Å². The van der Waals surface area contributed by atoms with Gasteiger partial charge in [-0.3, -0.25) is 0 Å². The van der Waals surface area contributed by atoms with Crippen molar-refractivity contribution in [2.24, 2.45) is 11.8 Å². The van der Waals surface area contributed by atoms with E-state index in [1.165, 1.54) is 11.1 Å². The zero-order chi connectivity index (χ0) is 18.0. The molecule has 6 heteroatoms. The molecule has 2 aromatic heterocycles. The smallest absolute Gasteiger partial charge is 0.223 e. The number of pyridine rings is 1. The zero-order valence-electron chi connectivity index (χ0n) is 15.2. The van der Waals surface area contributed by atoms with Crippen molar-refractivity contribution in [2.45, 2.75) is 12.6 Å². The third-order valence-electron chi connectivity index (χ3n) is 6.21. The van der Waals surface area contributed by atoms with E-state index in [2.05, 4.69) is 52.7 Å². The number of fused-ring (bicyclic) bond motifs is 4. The SMILES string of the molecule is CN(c1ccc2c(n1)OCc1cc(-n3cccn3)ccc1-2)[C@H]1[C@@H]2CNC[C@@H]21. The van der Waals surface area contributed by atoms with Crippen molar-refractivity contribution in [3.63, 3.8) is 0 Å². The number of rotatable bonds is 3. The van der Waals surface area contributed by atoms with Gasteiger partial charge >= 0.3 is 0 Å². The molecule has 0 unspecified atom stereocenters. The molecule has 0 spiro atoms. The van der Waals surface area contributed by atoms with Crippen LogP contribution in [0.25, 0.3) is 16.8 Å². The number of anilines is 1. The van der Waals surface area contributed by atoms with Crippen LogP contribution in [-0.4, -0.2) is 40.9 Å². The standard InChI is InChI=1S/C21H21N5O/c1-25(20-17-10-22-11-18(17)20)19-6-5-16-15-4-3-14(26-8-2-7-23-26)9-13(15)12-27-21(16)24-19/h2-9,17-18,20,22H,10-12H2,1H3/t17-,18+,20+. The van der Waals surface area contributed by atoms with Crippen molar-refractivity contribution in [2.75, 3.05) is 25.0 Å². The van der Waals surface area contributed by atoms with Crippen molar-refractivity contribution >= 4 is 5.82 Å². The normalized spacial score (nSPS) is 24.6. The van der Waals surface area contributed by atoms with Gasteiger partial charge in [0.05, 0.1) is 5.69 Å². The lowest BCUT2D eigenvalue weighted by molar-refractivity contribution is 0.290. The Kier molecular flexibility index (Phi) is 3.14. The molecule has 2 aliphatic heterocycles. The number of benzene rings is 1. The third kappa shape index (κ3) is 2.29. The Balaban J connectivity index is 1.32. The molecular formula is C21H21N5O. The molecule has 27 heavy (non-hydrogen) atoms. The van der Waals surface area contributed by atoms with Gasteiger partial charge in [-0.25, -0.2) is 4.68 Å². The predicted molar refractivity (Wildman–Crippen MR) is 103 cm³/mol. The van der Waals surface area contributed by atoms with E-state index < -0.39 is 0 Å². The molecule has 6 nitrogen and oxygen atoms in total. The highest BCUT2D eigenvalue weighted by Gasteiger charge is 2.55. The van der Waals surface area contributed by atoms with Gasteiger partial charge in [0, 0.05) is 44.1 Å². The van der Waals surface area contributed by atoms with Gasteiger partial charge in [0.25, 0.3) is 0 Å². The summed E-state index contributed by atoms with van der Waals surface area (Å²) in [5.74, 6) is 3.29. The summed E-state index contributed by atoms with van der Waals surface area (Å²) in [6.07, 6.45) is 3.74. The minimum absolute atomic E-state index is 0.538. The molecule has 6 rings (SSSR count). The predicted octanol–water partition coefficient (Wildman–Crippen LogP) is 2.48. The molecular weight excluding hydrogens is 338 g/mol. The Hall–Kier alpha value is -2.86. The molecule has 3 aromatic rings. The summed E-state index contributed by atoms with van der Waals surface area (Å²) in [6, 6.07) is 13.2. The molecule has 1 saturated heterocycles. The van der Waals surface area contributed by atoms with Crippen molar-refractivity contribution in [1.29, 1.82) is 0 Å². The number of hydrogen-bond acceptors (Lipinski definition) is 5. The Morgan fingerprint density at radius 3 is 2.81 bits per heavy atom. The molecule has 0 bridgehead atoms. The molecule has 3 atom stereocenters. The summed E-state index contributed by atoms with van der Waals surface area (Å²) >= 11 is 0. The van der Waals surface area contributed by atoms with Crippen molar-refractivity contribution in [3.05, 3.63) is 54.4 Å². The van der Waals surface area contributed by atoms with Crippen LogP contribution >= 0.6 is 0 Å². The first kappa shape index (κ1) is 15.2. The van der Waals surface area contributed by atoms with Gasteiger partial charge in [-0.2, -0.15) is 10.1 Å². The Morgan fingerprint density at radius 1 is 1.15 bits per heavy atom. The van der Waals surface area contributed by atoms with Crippen LogP contribution in [0.5, 0.6) is 5.88 Å². The molecule has 136 valence electrons.